The fourth-order valence-electron chi connectivity index (χ4n) is 3.63. The minimum Gasteiger partial charge on any atom is -0.353 e. The van der Waals surface area contributed by atoms with Crippen molar-refractivity contribution in [3.05, 3.63) is 59.4 Å². The van der Waals surface area contributed by atoms with Crippen molar-refractivity contribution in [3.63, 3.8) is 0 Å². The molecule has 1 radical (unpaired) electrons. The lowest BCUT2D eigenvalue weighted by Crippen LogP contribution is -2.49. The number of nitrogens with zero attached hydrogens (tertiary/aromatic N) is 4. The second-order valence-corrected chi connectivity index (χ2v) is 7.45. The van der Waals surface area contributed by atoms with E-state index in [1.807, 2.05) is 18.0 Å². The maximum Gasteiger partial charge on any atom is 0.255 e. The van der Waals surface area contributed by atoms with Crippen LogP contribution in [0.25, 0.3) is 0 Å². The van der Waals surface area contributed by atoms with Gasteiger partial charge in [0.05, 0.1) is 5.56 Å². The number of amides is 1. The quantitative estimate of drug-likeness (QED) is 0.854. The summed E-state index contributed by atoms with van der Waals surface area (Å²) in [6, 6.07) is 2.28. The van der Waals surface area contributed by atoms with Crippen molar-refractivity contribution in [1.29, 1.82) is 0 Å². The first-order chi connectivity index (χ1) is 12.5. The van der Waals surface area contributed by atoms with Crippen LogP contribution >= 0.6 is 0 Å². The highest BCUT2D eigenvalue weighted by atomic mass is 16.2. The van der Waals surface area contributed by atoms with E-state index in [4.69, 9.17) is 4.98 Å². The predicted molar refractivity (Wildman–Crippen MR) is 102 cm³/mol. The SMILES string of the molecule is [CH2]c1c(C)cncc1C(=O)N1CCN(c2ncc(C3CC3)cc2C)CC1. The Morgan fingerprint density at radius 3 is 2.46 bits per heavy atom. The highest BCUT2D eigenvalue weighted by molar-refractivity contribution is 5.96. The van der Waals surface area contributed by atoms with Gasteiger partial charge >= 0.3 is 0 Å². The largest absolute Gasteiger partial charge is 0.353 e. The van der Waals surface area contributed by atoms with E-state index in [-0.39, 0.29) is 5.91 Å². The average molecular weight is 349 g/mol. The number of hydrogen-bond acceptors (Lipinski definition) is 4. The molecule has 0 N–H and O–H groups in total. The Morgan fingerprint density at radius 2 is 1.81 bits per heavy atom. The first-order valence-corrected chi connectivity index (χ1v) is 9.32. The maximum absolute atomic E-state index is 12.8. The number of hydrogen-bond donors (Lipinski definition) is 0. The zero-order valence-corrected chi connectivity index (χ0v) is 15.5. The normalized spacial score (nSPS) is 17.5. The molecule has 1 amide bonds. The Balaban J connectivity index is 1.44. The molecule has 1 aliphatic carbocycles. The fourth-order valence-corrected chi connectivity index (χ4v) is 3.63. The van der Waals surface area contributed by atoms with Gasteiger partial charge in [-0.15, -0.1) is 0 Å². The van der Waals surface area contributed by atoms with Crippen molar-refractivity contribution in [2.75, 3.05) is 31.1 Å². The van der Waals surface area contributed by atoms with Gasteiger partial charge in [-0.1, -0.05) is 6.07 Å². The van der Waals surface area contributed by atoms with Crippen LogP contribution in [-0.2, 0) is 0 Å². The summed E-state index contributed by atoms with van der Waals surface area (Å²) in [7, 11) is 0. The van der Waals surface area contributed by atoms with Crippen molar-refractivity contribution in [2.24, 2.45) is 0 Å². The lowest BCUT2D eigenvalue weighted by Gasteiger charge is -2.36. The molecule has 135 valence electrons. The minimum absolute atomic E-state index is 0.0274. The molecule has 2 aromatic heterocycles. The van der Waals surface area contributed by atoms with Crippen molar-refractivity contribution >= 4 is 11.7 Å². The van der Waals surface area contributed by atoms with E-state index in [0.717, 1.165) is 36.0 Å². The Bertz CT molecular complexity index is 836. The van der Waals surface area contributed by atoms with Crippen molar-refractivity contribution < 1.29 is 4.79 Å². The number of carbonyl (C=O) groups excluding carboxylic acids is 1. The molecule has 2 aromatic rings. The molecule has 0 aromatic carbocycles. The standard InChI is InChI=1S/C21H25N4O/c1-14-10-18(17-4-5-17)12-23-20(14)24-6-8-25(9-7-24)21(26)19-13-22-11-15(2)16(19)3/h10-13,17H,3-9H2,1-2H3. The van der Waals surface area contributed by atoms with Gasteiger partial charge in [0.2, 0.25) is 0 Å². The van der Waals surface area contributed by atoms with E-state index in [1.54, 1.807) is 12.4 Å². The molecule has 1 saturated heterocycles. The summed E-state index contributed by atoms with van der Waals surface area (Å²) in [5, 5.41) is 0. The predicted octanol–water partition coefficient (Wildman–Crippen LogP) is 3.12. The molecular weight excluding hydrogens is 324 g/mol. The van der Waals surface area contributed by atoms with Gasteiger partial charge in [-0.3, -0.25) is 9.78 Å². The highest BCUT2D eigenvalue weighted by Crippen LogP contribution is 2.40. The zero-order valence-electron chi connectivity index (χ0n) is 15.5. The number of aryl methyl sites for hydroxylation is 2. The summed E-state index contributed by atoms with van der Waals surface area (Å²) in [4.78, 5) is 25.9. The van der Waals surface area contributed by atoms with Crippen LogP contribution in [0.3, 0.4) is 0 Å². The summed E-state index contributed by atoms with van der Waals surface area (Å²) in [6.07, 6.45) is 8.00. The lowest BCUT2D eigenvalue weighted by molar-refractivity contribution is 0.0745. The van der Waals surface area contributed by atoms with Gasteiger partial charge in [0.1, 0.15) is 5.82 Å². The van der Waals surface area contributed by atoms with Crippen LogP contribution in [-0.4, -0.2) is 47.0 Å². The molecular formula is C21H25N4O. The molecule has 26 heavy (non-hydrogen) atoms. The average Bonchev–Trinajstić information content (AvgIpc) is 3.49. The molecule has 0 unspecified atom stereocenters. The van der Waals surface area contributed by atoms with E-state index < -0.39 is 0 Å². The number of anilines is 1. The van der Waals surface area contributed by atoms with Crippen LogP contribution in [0.1, 0.15) is 51.4 Å². The van der Waals surface area contributed by atoms with Gasteiger partial charge in [-0.25, -0.2) is 4.98 Å². The van der Waals surface area contributed by atoms with E-state index >= 15 is 0 Å². The number of piperazine rings is 1. The van der Waals surface area contributed by atoms with Crippen molar-refractivity contribution in [1.82, 2.24) is 14.9 Å². The third-order valence-electron chi connectivity index (χ3n) is 5.49. The fraction of sp³-hybridized carbons (Fsp3) is 0.429. The molecule has 1 aliphatic heterocycles. The van der Waals surface area contributed by atoms with Gasteiger partial charge in [0, 0.05) is 44.8 Å². The molecule has 3 heterocycles. The van der Waals surface area contributed by atoms with Gasteiger partial charge in [-0.05, 0) is 61.8 Å². The Hall–Kier alpha value is -2.43. The molecule has 0 bridgehead atoms. The first kappa shape index (κ1) is 17.0. The highest BCUT2D eigenvalue weighted by Gasteiger charge is 2.27. The van der Waals surface area contributed by atoms with Crippen LogP contribution in [0.2, 0.25) is 0 Å². The third kappa shape index (κ3) is 3.18. The van der Waals surface area contributed by atoms with Gasteiger partial charge in [-0.2, -0.15) is 0 Å². The van der Waals surface area contributed by atoms with Crippen LogP contribution in [0.5, 0.6) is 0 Å². The summed E-state index contributed by atoms with van der Waals surface area (Å²) in [6.45, 7) is 11.1. The first-order valence-electron chi connectivity index (χ1n) is 9.32. The number of pyridine rings is 2. The summed E-state index contributed by atoms with van der Waals surface area (Å²) < 4.78 is 0. The molecule has 1 saturated carbocycles. The van der Waals surface area contributed by atoms with Crippen LogP contribution in [0.4, 0.5) is 5.82 Å². The van der Waals surface area contributed by atoms with Gasteiger partial charge in [0.15, 0.2) is 0 Å². The van der Waals surface area contributed by atoms with Crippen molar-refractivity contribution in [3.8, 4) is 0 Å². The van der Waals surface area contributed by atoms with Gasteiger partial charge in [0.25, 0.3) is 5.91 Å². The summed E-state index contributed by atoms with van der Waals surface area (Å²) in [5.74, 6) is 1.81. The van der Waals surface area contributed by atoms with Crippen molar-refractivity contribution in [2.45, 2.75) is 32.6 Å². The Labute approximate surface area is 155 Å². The maximum atomic E-state index is 12.8. The monoisotopic (exact) mass is 349 g/mol. The topological polar surface area (TPSA) is 49.3 Å². The summed E-state index contributed by atoms with van der Waals surface area (Å²) in [5.41, 5.74) is 4.94. The number of rotatable bonds is 3. The second kappa shape index (κ2) is 6.71. The van der Waals surface area contributed by atoms with Crippen LogP contribution in [0.15, 0.2) is 24.7 Å². The van der Waals surface area contributed by atoms with E-state index in [1.165, 1.54) is 24.0 Å². The number of carbonyl (C=O) groups is 1. The molecule has 2 aliphatic rings. The van der Waals surface area contributed by atoms with Gasteiger partial charge < -0.3 is 9.80 Å². The van der Waals surface area contributed by atoms with Crippen LogP contribution in [0, 0.1) is 20.8 Å². The van der Waals surface area contributed by atoms with E-state index in [0.29, 0.717) is 18.7 Å². The van der Waals surface area contributed by atoms with E-state index in [2.05, 4.69) is 29.8 Å². The zero-order chi connectivity index (χ0) is 18.3. The Kier molecular flexibility index (Phi) is 4.39. The molecule has 0 atom stereocenters. The lowest BCUT2D eigenvalue weighted by atomic mass is 10.1. The van der Waals surface area contributed by atoms with E-state index in [9.17, 15) is 4.79 Å². The molecule has 5 heteroatoms. The number of aromatic nitrogens is 2. The smallest absolute Gasteiger partial charge is 0.255 e. The third-order valence-corrected chi connectivity index (χ3v) is 5.49. The minimum atomic E-state index is 0.0274. The summed E-state index contributed by atoms with van der Waals surface area (Å²) >= 11 is 0. The molecule has 2 fully saturated rings. The Morgan fingerprint density at radius 1 is 1.08 bits per heavy atom. The molecule has 0 spiro atoms. The molecule has 4 rings (SSSR count). The van der Waals surface area contributed by atoms with Crippen LogP contribution < -0.4 is 4.90 Å². The molecule has 5 nitrogen and oxygen atoms in total. The second-order valence-electron chi connectivity index (χ2n) is 7.45.